The molecule has 1 fully saturated rings. The predicted molar refractivity (Wildman–Crippen MR) is 91.5 cm³/mol. The summed E-state index contributed by atoms with van der Waals surface area (Å²) in [6.45, 7) is 0.760. The van der Waals surface area contributed by atoms with Gasteiger partial charge in [0.05, 0.1) is 21.7 Å². The maximum Gasteiger partial charge on any atom is 0.258 e. The Morgan fingerprint density at radius 3 is 2.91 bits per heavy atom. The van der Waals surface area contributed by atoms with Gasteiger partial charge in [0.15, 0.2) is 0 Å². The van der Waals surface area contributed by atoms with Crippen LogP contribution in [0, 0.1) is 0 Å². The van der Waals surface area contributed by atoms with Gasteiger partial charge in [-0.1, -0.05) is 17.8 Å². The third-order valence-electron chi connectivity index (χ3n) is 3.75. The SMILES string of the molecule is NC(=O)c1ccc(C2CCCN2C(=O)CSc2ccccn2)s1. The number of pyridine rings is 1. The Bertz CT molecular complexity index is 702. The van der Waals surface area contributed by atoms with Gasteiger partial charge in [-0.3, -0.25) is 9.59 Å². The number of thioether (sulfide) groups is 1. The van der Waals surface area contributed by atoms with Gasteiger partial charge >= 0.3 is 0 Å². The lowest BCUT2D eigenvalue weighted by Gasteiger charge is -2.23. The number of carbonyl (C=O) groups excluding carboxylic acids is 2. The number of rotatable bonds is 5. The molecule has 1 aliphatic heterocycles. The van der Waals surface area contributed by atoms with E-state index in [0.717, 1.165) is 29.3 Å². The van der Waals surface area contributed by atoms with E-state index in [4.69, 9.17) is 5.73 Å². The van der Waals surface area contributed by atoms with Crippen molar-refractivity contribution in [2.45, 2.75) is 23.9 Å². The summed E-state index contributed by atoms with van der Waals surface area (Å²) >= 11 is 2.84. The highest BCUT2D eigenvalue weighted by molar-refractivity contribution is 7.99. The van der Waals surface area contributed by atoms with Crippen molar-refractivity contribution < 1.29 is 9.59 Å². The lowest BCUT2D eigenvalue weighted by atomic mass is 10.2. The average Bonchev–Trinajstić information content (AvgIpc) is 3.22. The summed E-state index contributed by atoms with van der Waals surface area (Å²) in [6.07, 6.45) is 3.63. The van der Waals surface area contributed by atoms with Crippen LogP contribution in [0.4, 0.5) is 0 Å². The third-order valence-corrected chi connectivity index (χ3v) is 5.88. The molecule has 1 atom stereocenters. The molecule has 0 aliphatic carbocycles. The van der Waals surface area contributed by atoms with Crippen LogP contribution in [0.3, 0.4) is 0 Å². The van der Waals surface area contributed by atoms with Crippen LogP contribution in [0.5, 0.6) is 0 Å². The smallest absolute Gasteiger partial charge is 0.258 e. The molecular formula is C16H17N3O2S2. The Balaban J connectivity index is 1.65. The number of hydrogen-bond donors (Lipinski definition) is 1. The molecule has 2 aromatic rings. The number of carbonyl (C=O) groups is 2. The number of nitrogens with two attached hydrogens (primary N) is 1. The van der Waals surface area contributed by atoms with E-state index in [2.05, 4.69) is 4.98 Å². The van der Waals surface area contributed by atoms with Crippen molar-refractivity contribution in [1.29, 1.82) is 0 Å². The zero-order chi connectivity index (χ0) is 16.2. The normalized spacial score (nSPS) is 17.4. The van der Waals surface area contributed by atoms with Crippen molar-refractivity contribution in [3.05, 3.63) is 46.3 Å². The van der Waals surface area contributed by atoms with Crippen molar-refractivity contribution in [1.82, 2.24) is 9.88 Å². The molecule has 0 bridgehead atoms. The second kappa shape index (κ2) is 7.14. The summed E-state index contributed by atoms with van der Waals surface area (Å²) in [5.74, 6) is 0.0710. The Morgan fingerprint density at radius 1 is 1.35 bits per heavy atom. The summed E-state index contributed by atoms with van der Waals surface area (Å²) in [6, 6.07) is 9.38. The topological polar surface area (TPSA) is 76.3 Å². The molecule has 0 radical (unpaired) electrons. The lowest BCUT2D eigenvalue weighted by Crippen LogP contribution is -2.31. The van der Waals surface area contributed by atoms with Crippen LogP contribution >= 0.6 is 23.1 Å². The molecular weight excluding hydrogens is 330 g/mol. The van der Waals surface area contributed by atoms with E-state index in [0.29, 0.717) is 10.6 Å². The van der Waals surface area contributed by atoms with Crippen molar-refractivity contribution in [3.63, 3.8) is 0 Å². The minimum atomic E-state index is -0.414. The van der Waals surface area contributed by atoms with Gasteiger partial charge in [0, 0.05) is 17.6 Å². The Morgan fingerprint density at radius 2 is 2.22 bits per heavy atom. The highest BCUT2D eigenvalue weighted by Crippen LogP contribution is 2.36. The first-order valence-electron chi connectivity index (χ1n) is 7.38. The van der Waals surface area contributed by atoms with E-state index in [9.17, 15) is 9.59 Å². The lowest BCUT2D eigenvalue weighted by molar-refractivity contribution is -0.129. The number of primary amides is 1. The molecule has 3 rings (SSSR count). The van der Waals surface area contributed by atoms with E-state index < -0.39 is 5.91 Å². The molecule has 0 spiro atoms. The molecule has 5 nitrogen and oxygen atoms in total. The molecule has 7 heteroatoms. The molecule has 1 saturated heterocycles. The van der Waals surface area contributed by atoms with Crippen molar-refractivity contribution in [2.75, 3.05) is 12.3 Å². The number of likely N-dealkylation sites (tertiary alicyclic amines) is 1. The molecule has 0 saturated carbocycles. The van der Waals surface area contributed by atoms with Crippen molar-refractivity contribution in [3.8, 4) is 0 Å². The molecule has 2 N–H and O–H groups in total. The summed E-state index contributed by atoms with van der Waals surface area (Å²) in [5, 5.41) is 0.851. The molecule has 23 heavy (non-hydrogen) atoms. The average molecular weight is 347 g/mol. The minimum absolute atomic E-state index is 0.0601. The van der Waals surface area contributed by atoms with E-state index in [-0.39, 0.29) is 11.9 Å². The minimum Gasteiger partial charge on any atom is -0.365 e. The Hall–Kier alpha value is -1.86. The predicted octanol–water partition coefficient (Wildman–Crippen LogP) is 2.70. The van der Waals surface area contributed by atoms with Gasteiger partial charge in [0.25, 0.3) is 5.91 Å². The first kappa shape index (κ1) is 16.0. The molecule has 3 heterocycles. The van der Waals surface area contributed by atoms with Crippen LogP contribution in [0.15, 0.2) is 41.6 Å². The summed E-state index contributed by atoms with van der Waals surface area (Å²) in [7, 11) is 0. The van der Waals surface area contributed by atoms with E-state index in [1.807, 2.05) is 29.2 Å². The Labute approximate surface area is 142 Å². The maximum atomic E-state index is 12.5. The molecule has 2 amide bonds. The number of nitrogens with zero attached hydrogens (tertiary/aromatic N) is 2. The van der Waals surface area contributed by atoms with Crippen molar-refractivity contribution in [2.24, 2.45) is 5.73 Å². The van der Waals surface area contributed by atoms with E-state index in [1.165, 1.54) is 23.1 Å². The molecule has 2 aromatic heterocycles. The van der Waals surface area contributed by atoms with Gasteiger partial charge in [-0.05, 0) is 37.1 Å². The first-order chi connectivity index (χ1) is 11.1. The van der Waals surface area contributed by atoms with Crippen LogP contribution < -0.4 is 5.73 Å². The van der Waals surface area contributed by atoms with Crippen molar-refractivity contribution >= 4 is 34.9 Å². The zero-order valence-corrected chi connectivity index (χ0v) is 14.1. The van der Waals surface area contributed by atoms with Crippen LogP contribution in [0.25, 0.3) is 0 Å². The van der Waals surface area contributed by atoms with Crippen LogP contribution in [0.1, 0.15) is 33.4 Å². The highest BCUT2D eigenvalue weighted by Gasteiger charge is 2.31. The quantitative estimate of drug-likeness (QED) is 0.844. The molecule has 120 valence electrons. The second-order valence-electron chi connectivity index (χ2n) is 5.27. The van der Waals surface area contributed by atoms with Gasteiger partial charge < -0.3 is 10.6 Å². The maximum absolute atomic E-state index is 12.5. The second-order valence-corrected chi connectivity index (χ2v) is 7.38. The molecule has 1 unspecified atom stereocenters. The summed E-state index contributed by atoms with van der Waals surface area (Å²) in [5.41, 5.74) is 5.31. The number of aromatic nitrogens is 1. The summed E-state index contributed by atoms with van der Waals surface area (Å²) < 4.78 is 0. The first-order valence-corrected chi connectivity index (χ1v) is 9.18. The number of amides is 2. The third kappa shape index (κ3) is 3.73. The van der Waals surface area contributed by atoms with Crippen LogP contribution in [-0.2, 0) is 4.79 Å². The van der Waals surface area contributed by atoms with E-state index in [1.54, 1.807) is 12.3 Å². The van der Waals surface area contributed by atoms with Crippen LogP contribution in [-0.4, -0.2) is 34.0 Å². The zero-order valence-electron chi connectivity index (χ0n) is 12.5. The number of thiophene rings is 1. The standard InChI is InChI=1S/C16H17N3O2S2/c17-16(21)13-7-6-12(23-13)11-4-3-9-19(11)15(20)10-22-14-5-1-2-8-18-14/h1-2,5-8,11H,3-4,9-10H2,(H2,17,21). The fourth-order valence-corrected chi connectivity index (χ4v) is 4.43. The van der Waals surface area contributed by atoms with Gasteiger partial charge in [0.2, 0.25) is 5.91 Å². The summed E-state index contributed by atoms with van der Waals surface area (Å²) in [4.78, 5) is 31.5. The fourth-order valence-electron chi connectivity index (χ4n) is 2.68. The van der Waals surface area contributed by atoms with Gasteiger partial charge in [0.1, 0.15) is 0 Å². The van der Waals surface area contributed by atoms with E-state index >= 15 is 0 Å². The molecule has 1 aliphatic rings. The van der Waals surface area contributed by atoms with Gasteiger partial charge in [-0.2, -0.15) is 0 Å². The largest absolute Gasteiger partial charge is 0.365 e. The van der Waals surface area contributed by atoms with Gasteiger partial charge in [-0.15, -0.1) is 11.3 Å². The van der Waals surface area contributed by atoms with Crippen LogP contribution in [0.2, 0.25) is 0 Å². The molecule has 0 aromatic carbocycles. The highest BCUT2D eigenvalue weighted by atomic mass is 32.2. The Kier molecular flexibility index (Phi) is 4.97. The number of hydrogen-bond acceptors (Lipinski definition) is 5. The monoisotopic (exact) mass is 347 g/mol. The fraction of sp³-hybridized carbons (Fsp3) is 0.312. The van der Waals surface area contributed by atoms with Gasteiger partial charge in [-0.25, -0.2) is 4.98 Å².